The predicted molar refractivity (Wildman–Crippen MR) is 97.1 cm³/mol. The Morgan fingerprint density at radius 3 is 2.36 bits per heavy atom. The molecule has 0 saturated carbocycles. The molecule has 0 fully saturated rings. The molecule has 0 atom stereocenters. The zero-order valence-corrected chi connectivity index (χ0v) is 14.4. The lowest BCUT2D eigenvalue weighted by molar-refractivity contribution is 0.0912. The van der Waals surface area contributed by atoms with Crippen molar-refractivity contribution in [2.75, 3.05) is 13.1 Å². The fraction of sp³-hybridized carbons (Fsp3) is 0.158. The van der Waals surface area contributed by atoms with E-state index in [-0.39, 0.29) is 17.6 Å². The third-order valence-electron chi connectivity index (χ3n) is 3.70. The molecule has 128 valence electrons. The molecule has 0 saturated heterocycles. The van der Waals surface area contributed by atoms with E-state index < -0.39 is 0 Å². The SMILES string of the molecule is Cc1ccc2oc(C(=O)NCCNC(=O)c3ccc(Cl)cc3)cc2c1. The van der Waals surface area contributed by atoms with E-state index in [9.17, 15) is 9.59 Å². The van der Waals surface area contributed by atoms with Gasteiger partial charge in [0.2, 0.25) is 0 Å². The number of nitrogens with one attached hydrogen (secondary N) is 2. The number of amides is 2. The van der Waals surface area contributed by atoms with Crippen molar-refractivity contribution in [2.24, 2.45) is 0 Å². The second kappa shape index (κ2) is 7.40. The number of rotatable bonds is 5. The summed E-state index contributed by atoms with van der Waals surface area (Å²) in [4.78, 5) is 24.1. The molecule has 0 bridgehead atoms. The summed E-state index contributed by atoms with van der Waals surface area (Å²) in [6.45, 7) is 2.59. The molecule has 0 aliphatic rings. The molecular formula is C19H17ClN2O3. The molecule has 0 aliphatic carbocycles. The van der Waals surface area contributed by atoms with Gasteiger partial charge in [-0.15, -0.1) is 0 Å². The van der Waals surface area contributed by atoms with Gasteiger partial charge in [-0.3, -0.25) is 9.59 Å². The van der Waals surface area contributed by atoms with Gasteiger partial charge in [0.25, 0.3) is 11.8 Å². The fourth-order valence-corrected chi connectivity index (χ4v) is 2.54. The molecule has 0 aliphatic heterocycles. The van der Waals surface area contributed by atoms with Crippen molar-refractivity contribution in [3.63, 3.8) is 0 Å². The average molecular weight is 357 g/mol. The zero-order chi connectivity index (χ0) is 17.8. The largest absolute Gasteiger partial charge is 0.451 e. The number of furan rings is 1. The third-order valence-corrected chi connectivity index (χ3v) is 3.95. The van der Waals surface area contributed by atoms with E-state index in [1.54, 1.807) is 30.3 Å². The van der Waals surface area contributed by atoms with Crippen LogP contribution in [-0.4, -0.2) is 24.9 Å². The topological polar surface area (TPSA) is 71.3 Å². The molecule has 3 aromatic rings. The Hall–Kier alpha value is -2.79. The molecule has 2 N–H and O–H groups in total. The summed E-state index contributed by atoms with van der Waals surface area (Å²) in [6.07, 6.45) is 0. The quantitative estimate of drug-likeness (QED) is 0.687. The van der Waals surface area contributed by atoms with Crippen molar-refractivity contribution in [3.05, 3.63) is 70.4 Å². The van der Waals surface area contributed by atoms with E-state index in [0.29, 0.717) is 29.3 Å². The van der Waals surface area contributed by atoms with Crippen LogP contribution in [0.2, 0.25) is 5.02 Å². The zero-order valence-electron chi connectivity index (χ0n) is 13.6. The van der Waals surface area contributed by atoms with Crippen molar-refractivity contribution in [3.8, 4) is 0 Å². The number of halogens is 1. The average Bonchev–Trinajstić information content (AvgIpc) is 3.02. The Morgan fingerprint density at radius 1 is 0.960 bits per heavy atom. The lowest BCUT2D eigenvalue weighted by atomic mass is 10.2. The fourth-order valence-electron chi connectivity index (χ4n) is 2.42. The first kappa shape index (κ1) is 17.0. The van der Waals surface area contributed by atoms with Gasteiger partial charge < -0.3 is 15.1 Å². The minimum Gasteiger partial charge on any atom is -0.451 e. The van der Waals surface area contributed by atoms with E-state index in [4.69, 9.17) is 16.0 Å². The Kier molecular flexibility index (Phi) is 5.05. The Balaban J connectivity index is 1.50. The lowest BCUT2D eigenvalue weighted by Crippen LogP contribution is -2.34. The summed E-state index contributed by atoms with van der Waals surface area (Å²) in [5.74, 6) is -0.274. The second-order valence-electron chi connectivity index (χ2n) is 5.67. The van der Waals surface area contributed by atoms with Gasteiger partial charge in [0.1, 0.15) is 5.58 Å². The van der Waals surface area contributed by atoms with Gasteiger partial charge in [-0.2, -0.15) is 0 Å². The predicted octanol–water partition coefficient (Wildman–Crippen LogP) is 3.55. The van der Waals surface area contributed by atoms with Crippen LogP contribution in [0, 0.1) is 6.92 Å². The standard InChI is InChI=1S/C19H17ClN2O3/c1-12-2-7-16-14(10-12)11-17(25-16)19(24)22-9-8-21-18(23)13-3-5-15(20)6-4-13/h2-7,10-11H,8-9H2,1H3,(H,21,23)(H,22,24). The normalized spacial score (nSPS) is 10.6. The van der Waals surface area contributed by atoms with Crippen LogP contribution in [0.25, 0.3) is 11.0 Å². The van der Waals surface area contributed by atoms with Crippen molar-refractivity contribution >= 4 is 34.4 Å². The molecule has 0 unspecified atom stereocenters. The van der Waals surface area contributed by atoms with Crippen LogP contribution < -0.4 is 10.6 Å². The van der Waals surface area contributed by atoms with Gasteiger partial charge in [-0.1, -0.05) is 23.2 Å². The molecular weight excluding hydrogens is 340 g/mol. The van der Waals surface area contributed by atoms with Crippen LogP contribution in [-0.2, 0) is 0 Å². The summed E-state index contributed by atoms with van der Waals surface area (Å²) in [5.41, 5.74) is 2.29. The monoisotopic (exact) mass is 356 g/mol. The smallest absolute Gasteiger partial charge is 0.287 e. The van der Waals surface area contributed by atoms with E-state index in [0.717, 1.165) is 10.9 Å². The number of hydrogen-bond acceptors (Lipinski definition) is 3. The number of carbonyl (C=O) groups is 2. The van der Waals surface area contributed by atoms with Crippen molar-refractivity contribution in [1.82, 2.24) is 10.6 Å². The van der Waals surface area contributed by atoms with E-state index in [2.05, 4.69) is 10.6 Å². The molecule has 2 aromatic carbocycles. The van der Waals surface area contributed by atoms with Crippen LogP contribution in [0.1, 0.15) is 26.5 Å². The van der Waals surface area contributed by atoms with E-state index in [1.165, 1.54) is 0 Å². The molecule has 1 aromatic heterocycles. The van der Waals surface area contributed by atoms with E-state index >= 15 is 0 Å². The van der Waals surface area contributed by atoms with Crippen LogP contribution >= 0.6 is 11.6 Å². The Morgan fingerprint density at radius 2 is 1.64 bits per heavy atom. The van der Waals surface area contributed by atoms with Crippen LogP contribution in [0.3, 0.4) is 0 Å². The number of benzene rings is 2. The highest BCUT2D eigenvalue weighted by Gasteiger charge is 2.12. The van der Waals surface area contributed by atoms with Gasteiger partial charge in [0.15, 0.2) is 5.76 Å². The Bertz CT molecular complexity index is 916. The first-order chi connectivity index (χ1) is 12.0. The number of fused-ring (bicyclic) bond motifs is 1. The highest BCUT2D eigenvalue weighted by molar-refractivity contribution is 6.30. The van der Waals surface area contributed by atoms with Gasteiger partial charge in [-0.25, -0.2) is 0 Å². The third kappa shape index (κ3) is 4.19. The minimum absolute atomic E-state index is 0.217. The highest BCUT2D eigenvalue weighted by atomic mass is 35.5. The van der Waals surface area contributed by atoms with Crippen LogP contribution in [0.5, 0.6) is 0 Å². The molecule has 6 heteroatoms. The van der Waals surface area contributed by atoms with Gasteiger partial charge in [0.05, 0.1) is 0 Å². The van der Waals surface area contributed by atoms with Crippen molar-refractivity contribution < 1.29 is 14.0 Å². The van der Waals surface area contributed by atoms with E-state index in [1.807, 2.05) is 25.1 Å². The van der Waals surface area contributed by atoms with Gasteiger partial charge in [0, 0.05) is 29.1 Å². The van der Waals surface area contributed by atoms with Crippen molar-refractivity contribution in [2.45, 2.75) is 6.92 Å². The first-order valence-electron chi connectivity index (χ1n) is 7.85. The first-order valence-corrected chi connectivity index (χ1v) is 8.23. The number of aryl methyl sites for hydroxylation is 1. The highest BCUT2D eigenvalue weighted by Crippen LogP contribution is 2.20. The summed E-state index contributed by atoms with van der Waals surface area (Å²) in [7, 11) is 0. The van der Waals surface area contributed by atoms with Gasteiger partial charge >= 0.3 is 0 Å². The lowest BCUT2D eigenvalue weighted by Gasteiger charge is -2.06. The summed E-state index contributed by atoms with van der Waals surface area (Å²) in [5, 5.41) is 6.92. The maximum absolute atomic E-state index is 12.1. The maximum Gasteiger partial charge on any atom is 0.287 e. The van der Waals surface area contributed by atoms with Crippen LogP contribution in [0.4, 0.5) is 0 Å². The summed E-state index contributed by atoms with van der Waals surface area (Å²) in [6, 6.07) is 14.0. The molecule has 2 amide bonds. The molecule has 3 rings (SSSR count). The second-order valence-corrected chi connectivity index (χ2v) is 6.11. The number of hydrogen-bond donors (Lipinski definition) is 2. The summed E-state index contributed by atoms with van der Waals surface area (Å²) >= 11 is 5.79. The Labute approximate surface area is 150 Å². The molecule has 5 nitrogen and oxygen atoms in total. The van der Waals surface area contributed by atoms with Crippen LogP contribution in [0.15, 0.2) is 52.9 Å². The summed E-state index contributed by atoms with van der Waals surface area (Å²) < 4.78 is 5.53. The van der Waals surface area contributed by atoms with Crippen molar-refractivity contribution in [1.29, 1.82) is 0 Å². The molecule has 25 heavy (non-hydrogen) atoms. The van der Waals surface area contributed by atoms with Gasteiger partial charge in [-0.05, 0) is 49.4 Å². The number of carbonyl (C=O) groups excluding carboxylic acids is 2. The molecule has 0 spiro atoms. The maximum atomic E-state index is 12.1. The molecule has 1 heterocycles. The molecule has 0 radical (unpaired) electrons. The minimum atomic E-state index is -0.311.